The summed E-state index contributed by atoms with van der Waals surface area (Å²) in [5.74, 6) is 1.08. The summed E-state index contributed by atoms with van der Waals surface area (Å²) in [4.78, 5) is 11.5. The van der Waals surface area contributed by atoms with Gasteiger partial charge in [0.2, 0.25) is 5.28 Å². The van der Waals surface area contributed by atoms with E-state index in [4.69, 9.17) is 16.3 Å². The second-order valence-corrected chi connectivity index (χ2v) is 6.35. The van der Waals surface area contributed by atoms with Gasteiger partial charge in [-0.05, 0) is 43.7 Å². The van der Waals surface area contributed by atoms with E-state index in [2.05, 4.69) is 21.8 Å². The summed E-state index contributed by atoms with van der Waals surface area (Å²) in [6.07, 6.45) is 7.94. The monoisotopic (exact) mass is 309 g/mol. The fourth-order valence-corrected chi connectivity index (χ4v) is 3.59. The maximum atomic E-state index is 6.16. The predicted molar refractivity (Wildman–Crippen MR) is 85.2 cm³/mol. The minimum absolute atomic E-state index is 0.394. The van der Waals surface area contributed by atoms with E-state index in [1.165, 1.54) is 24.8 Å². The predicted octanol–water partition coefficient (Wildman–Crippen LogP) is 3.40. The molecule has 1 aromatic heterocycles. The van der Waals surface area contributed by atoms with Gasteiger partial charge in [-0.1, -0.05) is 19.8 Å². The Kier molecular flexibility index (Phi) is 4.96. The third-order valence-corrected chi connectivity index (χ3v) is 4.65. The molecule has 116 valence electrons. The van der Waals surface area contributed by atoms with E-state index >= 15 is 0 Å². The lowest BCUT2D eigenvalue weighted by molar-refractivity contribution is 0.131. The van der Waals surface area contributed by atoms with Crippen molar-refractivity contribution in [1.82, 2.24) is 9.97 Å². The number of halogens is 1. The van der Waals surface area contributed by atoms with Crippen molar-refractivity contribution < 1.29 is 4.74 Å². The Hall–Kier alpha value is -0.870. The molecule has 0 spiro atoms. The first-order chi connectivity index (χ1) is 10.3. The number of fused-ring (bicyclic) bond motifs is 1. The van der Waals surface area contributed by atoms with Crippen LogP contribution in [0.2, 0.25) is 5.28 Å². The van der Waals surface area contributed by atoms with E-state index in [-0.39, 0.29) is 0 Å². The number of hydrogen-bond acceptors (Lipinski definition) is 4. The van der Waals surface area contributed by atoms with Crippen molar-refractivity contribution in [3.05, 3.63) is 16.5 Å². The molecule has 0 bridgehead atoms. The molecule has 0 unspecified atom stereocenters. The molecule has 2 heterocycles. The molecule has 1 saturated heterocycles. The van der Waals surface area contributed by atoms with Crippen LogP contribution in [0.5, 0.6) is 0 Å². The molecule has 1 atom stereocenters. The lowest BCUT2D eigenvalue weighted by atomic mass is 10.1. The molecule has 0 saturated carbocycles. The molecular formula is C16H24ClN3O. The van der Waals surface area contributed by atoms with Crippen LogP contribution in [0.1, 0.15) is 50.3 Å². The maximum absolute atomic E-state index is 6.16. The number of ether oxygens (including phenoxy) is 1. The van der Waals surface area contributed by atoms with Crippen LogP contribution >= 0.6 is 11.6 Å². The van der Waals surface area contributed by atoms with Crippen molar-refractivity contribution >= 4 is 17.4 Å². The van der Waals surface area contributed by atoms with Crippen molar-refractivity contribution in [3.8, 4) is 0 Å². The highest BCUT2D eigenvalue weighted by atomic mass is 35.5. The van der Waals surface area contributed by atoms with Crippen LogP contribution in [0.3, 0.4) is 0 Å². The number of aromatic nitrogens is 2. The van der Waals surface area contributed by atoms with E-state index in [0.717, 1.165) is 57.0 Å². The van der Waals surface area contributed by atoms with Crippen LogP contribution in [0.4, 0.5) is 5.82 Å². The fraction of sp³-hybridized carbons (Fsp3) is 0.750. The van der Waals surface area contributed by atoms with Gasteiger partial charge in [-0.25, -0.2) is 9.97 Å². The molecule has 1 aliphatic heterocycles. The van der Waals surface area contributed by atoms with Crippen molar-refractivity contribution in [2.24, 2.45) is 0 Å². The molecular weight excluding hydrogens is 286 g/mol. The molecule has 5 heteroatoms. The highest BCUT2D eigenvalue weighted by molar-refractivity contribution is 6.28. The summed E-state index contributed by atoms with van der Waals surface area (Å²) in [5, 5.41) is 0.394. The zero-order valence-electron chi connectivity index (χ0n) is 12.8. The smallest absolute Gasteiger partial charge is 0.224 e. The van der Waals surface area contributed by atoms with Gasteiger partial charge >= 0.3 is 0 Å². The van der Waals surface area contributed by atoms with Gasteiger partial charge in [0.05, 0.1) is 18.3 Å². The SMILES string of the molecule is CCCC[C@H]1COCCCN1c1nc(Cl)nc2c1CCC2. The van der Waals surface area contributed by atoms with E-state index < -0.39 is 0 Å². The van der Waals surface area contributed by atoms with Gasteiger partial charge in [-0.3, -0.25) is 0 Å². The summed E-state index contributed by atoms with van der Waals surface area (Å²) in [6.45, 7) is 4.89. The van der Waals surface area contributed by atoms with Crippen molar-refractivity contribution in [1.29, 1.82) is 0 Å². The van der Waals surface area contributed by atoms with Gasteiger partial charge in [0.15, 0.2) is 0 Å². The molecule has 0 N–H and O–H groups in total. The fourth-order valence-electron chi connectivity index (χ4n) is 3.41. The summed E-state index contributed by atoms with van der Waals surface area (Å²) in [6, 6.07) is 0.420. The molecule has 21 heavy (non-hydrogen) atoms. The molecule has 1 aromatic rings. The zero-order valence-corrected chi connectivity index (χ0v) is 13.5. The van der Waals surface area contributed by atoms with Crippen LogP contribution in [-0.2, 0) is 17.6 Å². The highest BCUT2D eigenvalue weighted by Gasteiger charge is 2.28. The Bertz CT molecular complexity index is 495. The number of anilines is 1. The summed E-state index contributed by atoms with van der Waals surface area (Å²) < 4.78 is 5.79. The Morgan fingerprint density at radius 2 is 2.19 bits per heavy atom. The zero-order chi connectivity index (χ0) is 14.7. The largest absolute Gasteiger partial charge is 0.379 e. The second-order valence-electron chi connectivity index (χ2n) is 6.01. The lowest BCUT2D eigenvalue weighted by Crippen LogP contribution is -2.39. The molecule has 0 radical (unpaired) electrons. The van der Waals surface area contributed by atoms with E-state index in [9.17, 15) is 0 Å². The minimum Gasteiger partial charge on any atom is -0.379 e. The van der Waals surface area contributed by atoms with Crippen LogP contribution < -0.4 is 4.90 Å². The van der Waals surface area contributed by atoms with Crippen LogP contribution in [0.15, 0.2) is 0 Å². The van der Waals surface area contributed by atoms with Crippen LogP contribution in [-0.4, -0.2) is 35.8 Å². The van der Waals surface area contributed by atoms with E-state index in [1.807, 2.05) is 0 Å². The Balaban J connectivity index is 1.91. The summed E-state index contributed by atoms with van der Waals surface area (Å²) >= 11 is 6.16. The normalized spacial score (nSPS) is 22.2. The Labute approximate surface area is 131 Å². The quantitative estimate of drug-likeness (QED) is 0.799. The van der Waals surface area contributed by atoms with Gasteiger partial charge in [-0.2, -0.15) is 0 Å². The number of aryl methyl sites for hydroxylation is 1. The third-order valence-electron chi connectivity index (χ3n) is 4.49. The van der Waals surface area contributed by atoms with Gasteiger partial charge in [0.1, 0.15) is 5.82 Å². The molecule has 0 amide bonds. The highest BCUT2D eigenvalue weighted by Crippen LogP contribution is 2.32. The summed E-state index contributed by atoms with van der Waals surface area (Å²) in [7, 11) is 0. The number of hydrogen-bond donors (Lipinski definition) is 0. The van der Waals surface area contributed by atoms with Crippen molar-refractivity contribution in [2.45, 2.75) is 57.9 Å². The van der Waals surface area contributed by atoms with Crippen LogP contribution in [0.25, 0.3) is 0 Å². The third kappa shape index (κ3) is 3.32. The maximum Gasteiger partial charge on any atom is 0.224 e. The van der Waals surface area contributed by atoms with Crippen molar-refractivity contribution in [3.63, 3.8) is 0 Å². The molecule has 0 aromatic carbocycles. The van der Waals surface area contributed by atoms with Gasteiger partial charge in [0, 0.05) is 18.7 Å². The Morgan fingerprint density at radius 3 is 3.05 bits per heavy atom. The van der Waals surface area contributed by atoms with Crippen LogP contribution in [0, 0.1) is 0 Å². The average Bonchev–Trinajstić information content (AvgIpc) is 2.81. The number of unbranched alkanes of at least 4 members (excludes halogenated alkanes) is 1. The lowest BCUT2D eigenvalue weighted by Gasteiger charge is -2.32. The second kappa shape index (κ2) is 6.93. The Morgan fingerprint density at radius 1 is 1.29 bits per heavy atom. The molecule has 1 aliphatic carbocycles. The van der Waals surface area contributed by atoms with Gasteiger partial charge in [0.25, 0.3) is 0 Å². The molecule has 3 rings (SSSR count). The van der Waals surface area contributed by atoms with Crippen molar-refractivity contribution in [2.75, 3.05) is 24.7 Å². The number of nitrogens with zero attached hydrogens (tertiary/aromatic N) is 3. The number of rotatable bonds is 4. The topological polar surface area (TPSA) is 38.2 Å². The van der Waals surface area contributed by atoms with E-state index in [0.29, 0.717) is 11.3 Å². The van der Waals surface area contributed by atoms with Gasteiger partial charge < -0.3 is 9.64 Å². The first-order valence-electron chi connectivity index (χ1n) is 8.19. The van der Waals surface area contributed by atoms with Gasteiger partial charge in [-0.15, -0.1) is 0 Å². The molecule has 2 aliphatic rings. The van der Waals surface area contributed by atoms with E-state index in [1.54, 1.807) is 0 Å². The summed E-state index contributed by atoms with van der Waals surface area (Å²) in [5.41, 5.74) is 2.48. The first-order valence-corrected chi connectivity index (χ1v) is 8.57. The minimum atomic E-state index is 0.394. The first kappa shape index (κ1) is 15.0. The molecule has 4 nitrogen and oxygen atoms in total. The molecule has 1 fully saturated rings. The average molecular weight is 310 g/mol. The standard InChI is InChI=1S/C16H24ClN3O/c1-2-3-6-12-11-21-10-5-9-20(12)15-13-7-4-8-14(13)18-16(17)19-15/h12H,2-11H2,1H3/t12-/m0/s1.